The van der Waals surface area contributed by atoms with E-state index >= 15 is 0 Å². The van der Waals surface area contributed by atoms with Crippen LogP contribution in [0.4, 0.5) is 0 Å². The molecule has 19 heavy (non-hydrogen) atoms. The maximum Gasteiger partial charge on any atom is 0.239 e. The number of rotatable bonds is 6. The minimum Gasteiger partial charge on any atom is -0.496 e. The number of carbonyl (C=O) groups excluding carboxylic acids is 1. The Bertz CT molecular complexity index is 449. The lowest BCUT2D eigenvalue weighted by molar-refractivity contribution is -0.123. The third kappa shape index (κ3) is 3.59. The monoisotopic (exact) mass is 268 g/mol. The first kappa shape index (κ1) is 15.3. The van der Waals surface area contributed by atoms with E-state index in [0.29, 0.717) is 5.75 Å². The lowest BCUT2D eigenvalue weighted by Gasteiger charge is -2.15. The van der Waals surface area contributed by atoms with Crippen LogP contribution in [-0.2, 0) is 11.3 Å². The van der Waals surface area contributed by atoms with Gasteiger partial charge in [-0.25, -0.2) is 0 Å². The average molecular weight is 268 g/mol. The zero-order chi connectivity index (χ0) is 14.4. The Hall–Kier alpha value is -1.79. The van der Waals surface area contributed by atoms with E-state index in [2.05, 4.69) is 5.32 Å². The number of amides is 1. The van der Waals surface area contributed by atoms with Gasteiger partial charge in [0.15, 0.2) is 0 Å². The summed E-state index contributed by atoms with van der Waals surface area (Å²) in [6, 6.07) is 2.71. The topological polar surface area (TPSA) is 93.8 Å². The average Bonchev–Trinajstić information content (AvgIpc) is 2.43. The summed E-state index contributed by atoms with van der Waals surface area (Å²) in [5.74, 6) is 0.981. The molecule has 1 aromatic carbocycles. The number of hydrogen-bond acceptors (Lipinski definition) is 5. The molecule has 0 heterocycles. The fourth-order valence-electron chi connectivity index (χ4n) is 1.77. The predicted molar refractivity (Wildman–Crippen MR) is 71.2 cm³/mol. The van der Waals surface area contributed by atoms with Crippen LogP contribution in [0.1, 0.15) is 11.1 Å². The van der Waals surface area contributed by atoms with Gasteiger partial charge in [0.2, 0.25) is 5.91 Å². The second kappa shape index (κ2) is 6.96. The van der Waals surface area contributed by atoms with Crippen LogP contribution < -0.4 is 20.5 Å². The number of benzene rings is 1. The lowest BCUT2D eigenvalue weighted by Crippen LogP contribution is -2.42. The van der Waals surface area contributed by atoms with Crippen LogP contribution in [-0.4, -0.2) is 37.9 Å². The lowest BCUT2D eigenvalue weighted by atomic mass is 10.1. The van der Waals surface area contributed by atoms with Crippen LogP contribution >= 0.6 is 0 Å². The van der Waals surface area contributed by atoms with E-state index in [1.807, 2.05) is 19.1 Å². The molecule has 6 nitrogen and oxygen atoms in total. The van der Waals surface area contributed by atoms with Crippen LogP contribution in [0.3, 0.4) is 0 Å². The number of nitrogens with two attached hydrogens (primary N) is 1. The van der Waals surface area contributed by atoms with Gasteiger partial charge in [0, 0.05) is 17.7 Å². The summed E-state index contributed by atoms with van der Waals surface area (Å²) in [7, 11) is 3.15. The first-order valence-corrected chi connectivity index (χ1v) is 5.89. The zero-order valence-electron chi connectivity index (χ0n) is 11.4. The van der Waals surface area contributed by atoms with Crippen molar-refractivity contribution < 1.29 is 19.4 Å². The van der Waals surface area contributed by atoms with E-state index in [1.54, 1.807) is 14.2 Å². The number of hydrogen-bond donors (Lipinski definition) is 3. The van der Waals surface area contributed by atoms with Gasteiger partial charge in [-0.2, -0.15) is 0 Å². The molecule has 1 unspecified atom stereocenters. The van der Waals surface area contributed by atoms with Gasteiger partial charge in [-0.3, -0.25) is 4.79 Å². The van der Waals surface area contributed by atoms with Crippen molar-refractivity contribution in [3.05, 3.63) is 23.3 Å². The van der Waals surface area contributed by atoms with Gasteiger partial charge in [0.1, 0.15) is 17.5 Å². The molecule has 0 aromatic heterocycles. The van der Waals surface area contributed by atoms with Gasteiger partial charge in [-0.05, 0) is 19.1 Å². The summed E-state index contributed by atoms with van der Waals surface area (Å²) in [5.41, 5.74) is 7.10. The van der Waals surface area contributed by atoms with Crippen LogP contribution in [0, 0.1) is 6.92 Å². The van der Waals surface area contributed by atoms with Gasteiger partial charge in [-0.15, -0.1) is 0 Å². The van der Waals surface area contributed by atoms with Crippen molar-refractivity contribution in [2.45, 2.75) is 19.5 Å². The summed E-state index contributed by atoms with van der Waals surface area (Å²) >= 11 is 0. The van der Waals surface area contributed by atoms with Gasteiger partial charge in [-0.1, -0.05) is 0 Å². The van der Waals surface area contributed by atoms with Crippen molar-refractivity contribution in [1.82, 2.24) is 5.32 Å². The van der Waals surface area contributed by atoms with Crippen LogP contribution in [0.25, 0.3) is 0 Å². The molecule has 1 aromatic rings. The van der Waals surface area contributed by atoms with Crippen molar-refractivity contribution in [1.29, 1.82) is 0 Å². The number of methoxy groups -OCH3 is 2. The molecule has 0 aliphatic rings. The third-order valence-corrected chi connectivity index (χ3v) is 2.85. The fraction of sp³-hybridized carbons (Fsp3) is 0.462. The molecule has 0 aliphatic heterocycles. The Labute approximate surface area is 112 Å². The van der Waals surface area contributed by atoms with E-state index in [4.69, 9.17) is 20.3 Å². The molecule has 0 radical (unpaired) electrons. The largest absolute Gasteiger partial charge is 0.496 e. The van der Waals surface area contributed by atoms with E-state index in [1.165, 1.54) is 0 Å². The van der Waals surface area contributed by atoms with Crippen LogP contribution in [0.15, 0.2) is 12.1 Å². The Morgan fingerprint density at radius 1 is 1.42 bits per heavy atom. The first-order valence-electron chi connectivity index (χ1n) is 5.89. The molecular formula is C13H20N2O4. The second-order valence-corrected chi connectivity index (χ2v) is 4.09. The quantitative estimate of drug-likeness (QED) is 0.672. The Balaban J connectivity index is 2.84. The van der Waals surface area contributed by atoms with Crippen molar-refractivity contribution in [3.8, 4) is 11.5 Å². The summed E-state index contributed by atoms with van der Waals surface area (Å²) in [6.07, 6.45) is 0. The van der Waals surface area contributed by atoms with E-state index in [-0.39, 0.29) is 13.2 Å². The van der Waals surface area contributed by atoms with Crippen molar-refractivity contribution in [3.63, 3.8) is 0 Å². The molecule has 0 spiro atoms. The number of nitrogens with one attached hydrogen (secondary N) is 1. The smallest absolute Gasteiger partial charge is 0.239 e. The van der Waals surface area contributed by atoms with Crippen molar-refractivity contribution >= 4 is 5.91 Å². The standard InChI is InChI=1S/C13H20N2O4/c1-8-11(18-2)5-4-9(12(8)19-3)6-15-13(17)10(14)7-16/h4-5,10,16H,6-7,14H2,1-3H3,(H,15,17). The van der Waals surface area contributed by atoms with Gasteiger partial charge in [0.25, 0.3) is 0 Å². The number of ether oxygens (including phenoxy) is 2. The molecule has 0 saturated carbocycles. The number of aliphatic hydroxyl groups is 1. The van der Waals surface area contributed by atoms with E-state index < -0.39 is 11.9 Å². The molecule has 1 amide bonds. The van der Waals surface area contributed by atoms with Gasteiger partial charge >= 0.3 is 0 Å². The molecule has 0 bridgehead atoms. The number of carbonyl (C=O) groups is 1. The predicted octanol–water partition coefficient (Wildman–Crippen LogP) is -0.0520. The van der Waals surface area contributed by atoms with Crippen LogP contribution in [0.5, 0.6) is 11.5 Å². The summed E-state index contributed by atoms with van der Waals surface area (Å²) in [6.45, 7) is 1.77. The third-order valence-electron chi connectivity index (χ3n) is 2.85. The summed E-state index contributed by atoms with van der Waals surface area (Å²) in [5, 5.41) is 11.4. The number of aliphatic hydroxyl groups excluding tert-OH is 1. The molecule has 0 saturated heterocycles. The maximum atomic E-state index is 11.5. The van der Waals surface area contributed by atoms with Crippen molar-refractivity contribution in [2.24, 2.45) is 5.73 Å². The molecule has 0 aliphatic carbocycles. The Morgan fingerprint density at radius 3 is 2.63 bits per heavy atom. The normalized spacial score (nSPS) is 11.8. The zero-order valence-corrected chi connectivity index (χ0v) is 11.4. The molecule has 1 rings (SSSR count). The van der Waals surface area contributed by atoms with Crippen molar-refractivity contribution in [2.75, 3.05) is 20.8 Å². The highest BCUT2D eigenvalue weighted by Crippen LogP contribution is 2.31. The minimum absolute atomic E-state index is 0.278. The maximum absolute atomic E-state index is 11.5. The highest BCUT2D eigenvalue weighted by atomic mass is 16.5. The highest BCUT2D eigenvalue weighted by molar-refractivity contribution is 5.81. The van der Waals surface area contributed by atoms with Gasteiger partial charge < -0.3 is 25.6 Å². The van der Waals surface area contributed by atoms with E-state index in [9.17, 15) is 4.79 Å². The Morgan fingerprint density at radius 2 is 2.11 bits per heavy atom. The molecule has 1 atom stereocenters. The molecular weight excluding hydrogens is 248 g/mol. The molecule has 6 heteroatoms. The second-order valence-electron chi connectivity index (χ2n) is 4.09. The molecule has 4 N–H and O–H groups in total. The van der Waals surface area contributed by atoms with Crippen LogP contribution in [0.2, 0.25) is 0 Å². The fourth-order valence-corrected chi connectivity index (χ4v) is 1.77. The summed E-state index contributed by atoms with van der Waals surface area (Å²) in [4.78, 5) is 11.5. The van der Waals surface area contributed by atoms with Gasteiger partial charge in [0.05, 0.1) is 20.8 Å². The summed E-state index contributed by atoms with van der Waals surface area (Å²) < 4.78 is 10.5. The molecule has 0 fully saturated rings. The minimum atomic E-state index is -0.912. The SMILES string of the molecule is COc1ccc(CNC(=O)C(N)CO)c(OC)c1C. The van der Waals surface area contributed by atoms with E-state index in [0.717, 1.165) is 16.9 Å². The highest BCUT2D eigenvalue weighted by Gasteiger charge is 2.14. The Kier molecular flexibility index (Phi) is 5.59. The molecule has 106 valence electrons. The first-order chi connectivity index (χ1) is 9.04.